The van der Waals surface area contributed by atoms with E-state index in [1.165, 1.54) is 25.9 Å². The lowest BCUT2D eigenvalue weighted by atomic mass is 9.91. The van der Waals surface area contributed by atoms with E-state index in [2.05, 4.69) is 36.7 Å². The average molecular weight is 277 g/mol. The maximum atomic E-state index is 5.84. The van der Waals surface area contributed by atoms with Crippen LogP contribution in [0.15, 0.2) is 12.1 Å². The number of pyridine rings is 1. The first-order valence-electron chi connectivity index (χ1n) is 7.56. The van der Waals surface area contributed by atoms with Crippen molar-refractivity contribution in [2.24, 2.45) is 5.73 Å². The van der Waals surface area contributed by atoms with Crippen molar-refractivity contribution >= 4 is 0 Å². The molecule has 2 N–H and O–H groups in total. The molecule has 2 heterocycles. The van der Waals surface area contributed by atoms with Crippen LogP contribution in [0, 0.1) is 0 Å². The van der Waals surface area contributed by atoms with Gasteiger partial charge >= 0.3 is 0 Å². The van der Waals surface area contributed by atoms with Crippen molar-refractivity contribution < 1.29 is 4.74 Å². The summed E-state index contributed by atoms with van der Waals surface area (Å²) in [6, 6.07) is 4.03. The van der Waals surface area contributed by atoms with E-state index in [0.29, 0.717) is 19.0 Å². The predicted molar refractivity (Wildman–Crippen MR) is 82.0 cm³/mol. The average Bonchev–Trinajstić information content (AvgIpc) is 2.90. The molecular weight excluding hydrogens is 250 g/mol. The first kappa shape index (κ1) is 15.3. The summed E-state index contributed by atoms with van der Waals surface area (Å²) in [5.74, 6) is 0.706. The summed E-state index contributed by atoms with van der Waals surface area (Å²) in [5, 5.41) is 0. The van der Waals surface area contributed by atoms with E-state index in [-0.39, 0.29) is 5.41 Å². The van der Waals surface area contributed by atoms with Gasteiger partial charge in [0.2, 0.25) is 5.88 Å². The molecule has 0 unspecified atom stereocenters. The largest absolute Gasteiger partial charge is 0.476 e. The van der Waals surface area contributed by atoms with Crippen LogP contribution in [-0.2, 0) is 12.0 Å². The third-order valence-corrected chi connectivity index (χ3v) is 3.72. The van der Waals surface area contributed by atoms with Crippen molar-refractivity contribution in [3.63, 3.8) is 0 Å². The highest BCUT2D eigenvalue weighted by Crippen LogP contribution is 2.24. The van der Waals surface area contributed by atoms with Crippen molar-refractivity contribution in [3.8, 4) is 5.88 Å². The van der Waals surface area contributed by atoms with Gasteiger partial charge in [-0.05, 0) is 37.6 Å². The van der Waals surface area contributed by atoms with Gasteiger partial charge in [-0.25, -0.2) is 4.98 Å². The lowest BCUT2D eigenvalue weighted by Gasteiger charge is -2.20. The highest BCUT2D eigenvalue weighted by Gasteiger charge is 2.17. The molecule has 1 aromatic rings. The van der Waals surface area contributed by atoms with Gasteiger partial charge in [-0.1, -0.05) is 20.8 Å². The molecule has 1 saturated heterocycles. The minimum absolute atomic E-state index is 0.0121. The molecule has 1 aromatic heterocycles. The van der Waals surface area contributed by atoms with Crippen LogP contribution in [0.25, 0.3) is 0 Å². The van der Waals surface area contributed by atoms with Crippen molar-refractivity contribution in [1.29, 1.82) is 0 Å². The molecule has 4 nitrogen and oxygen atoms in total. The molecule has 2 rings (SSSR count). The fourth-order valence-corrected chi connectivity index (χ4v) is 2.42. The van der Waals surface area contributed by atoms with Gasteiger partial charge in [-0.15, -0.1) is 0 Å². The van der Waals surface area contributed by atoms with Crippen LogP contribution in [0.1, 0.15) is 44.9 Å². The number of hydrogen-bond donors (Lipinski definition) is 1. The summed E-state index contributed by atoms with van der Waals surface area (Å²) in [4.78, 5) is 7.06. The smallest absolute Gasteiger partial charge is 0.213 e. The van der Waals surface area contributed by atoms with E-state index < -0.39 is 0 Å². The standard InChI is InChI=1S/C16H27N3O/c1-16(2,3)14-10-13(12-17)11-15(18-14)20-9-8-19-6-4-5-7-19/h10-11H,4-9,12,17H2,1-3H3. The second-order valence-electron chi connectivity index (χ2n) is 6.55. The van der Waals surface area contributed by atoms with Crippen LogP contribution in [-0.4, -0.2) is 36.1 Å². The van der Waals surface area contributed by atoms with Crippen molar-refractivity contribution in [1.82, 2.24) is 9.88 Å². The van der Waals surface area contributed by atoms with Crippen LogP contribution in [0.5, 0.6) is 5.88 Å². The Bertz CT molecular complexity index is 434. The summed E-state index contributed by atoms with van der Waals surface area (Å²) >= 11 is 0. The number of nitrogens with zero attached hydrogens (tertiary/aromatic N) is 2. The molecule has 0 spiro atoms. The van der Waals surface area contributed by atoms with Crippen LogP contribution in [0.2, 0.25) is 0 Å². The molecule has 0 bridgehead atoms. The number of nitrogens with two attached hydrogens (primary N) is 1. The predicted octanol–water partition coefficient (Wildman–Crippen LogP) is 2.31. The van der Waals surface area contributed by atoms with E-state index >= 15 is 0 Å². The van der Waals surface area contributed by atoms with Crippen LogP contribution < -0.4 is 10.5 Å². The van der Waals surface area contributed by atoms with Gasteiger partial charge in [0.25, 0.3) is 0 Å². The Kier molecular flexibility index (Phi) is 5.00. The topological polar surface area (TPSA) is 51.4 Å². The first-order valence-corrected chi connectivity index (χ1v) is 7.56. The summed E-state index contributed by atoms with van der Waals surface area (Å²) in [7, 11) is 0. The normalized spacial score (nSPS) is 16.6. The van der Waals surface area contributed by atoms with Gasteiger partial charge in [0.15, 0.2) is 0 Å². The molecule has 20 heavy (non-hydrogen) atoms. The van der Waals surface area contributed by atoms with Gasteiger partial charge in [-0.3, -0.25) is 4.90 Å². The summed E-state index contributed by atoms with van der Waals surface area (Å²) in [6.45, 7) is 11.1. The monoisotopic (exact) mass is 277 g/mol. The highest BCUT2D eigenvalue weighted by molar-refractivity contribution is 5.28. The Morgan fingerprint density at radius 1 is 1.25 bits per heavy atom. The van der Waals surface area contributed by atoms with E-state index in [9.17, 15) is 0 Å². The second kappa shape index (κ2) is 6.55. The highest BCUT2D eigenvalue weighted by atomic mass is 16.5. The Morgan fingerprint density at radius 3 is 2.55 bits per heavy atom. The minimum atomic E-state index is 0.0121. The maximum Gasteiger partial charge on any atom is 0.213 e. The second-order valence-corrected chi connectivity index (χ2v) is 6.55. The molecular formula is C16H27N3O. The third kappa shape index (κ3) is 4.18. The van der Waals surface area contributed by atoms with Gasteiger partial charge in [0.1, 0.15) is 6.61 Å². The van der Waals surface area contributed by atoms with E-state index in [4.69, 9.17) is 10.5 Å². The zero-order valence-corrected chi connectivity index (χ0v) is 13.0. The van der Waals surface area contributed by atoms with E-state index in [1.54, 1.807) is 0 Å². The molecule has 0 radical (unpaired) electrons. The first-order chi connectivity index (χ1) is 9.49. The molecule has 0 amide bonds. The fourth-order valence-electron chi connectivity index (χ4n) is 2.42. The molecule has 0 atom stereocenters. The molecule has 112 valence electrons. The van der Waals surface area contributed by atoms with Crippen LogP contribution in [0.3, 0.4) is 0 Å². The molecule has 4 heteroatoms. The van der Waals surface area contributed by atoms with Crippen LogP contribution in [0.4, 0.5) is 0 Å². The van der Waals surface area contributed by atoms with Crippen molar-refractivity contribution in [2.75, 3.05) is 26.2 Å². The fraction of sp³-hybridized carbons (Fsp3) is 0.688. The molecule has 0 aromatic carbocycles. The number of rotatable bonds is 5. The molecule has 1 fully saturated rings. The van der Waals surface area contributed by atoms with E-state index in [0.717, 1.165) is 17.8 Å². The van der Waals surface area contributed by atoms with Gasteiger partial charge in [0, 0.05) is 24.6 Å². The maximum absolute atomic E-state index is 5.84. The molecule has 1 aliphatic rings. The van der Waals surface area contributed by atoms with Gasteiger partial charge in [0.05, 0.1) is 5.69 Å². The Balaban J connectivity index is 1.98. The number of likely N-dealkylation sites (tertiary alicyclic amines) is 1. The summed E-state index contributed by atoms with van der Waals surface area (Å²) < 4.78 is 5.84. The third-order valence-electron chi connectivity index (χ3n) is 3.72. The summed E-state index contributed by atoms with van der Waals surface area (Å²) in [6.07, 6.45) is 2.63. The Hall–Kier alpha value is -1.13. The number of ether oxygens (including phenoxy) is 1. The zero-order chi connectivity index (χ0) is 14.6. The lowest BCUT2D eigenvalue weighted by Crippen LogP contribution is -2.25. The molecule has 0 saturated carbocycles. The quantitative estimate of drug-likeness (QED) is 0.897. The molecule has 1 aliphatic heterocycles. The van der Waals surface area contributed by atoms with E-state index in [1.807, 2.05) is 6.07 Å². The minimum Gasteiger partial charge on any atom is -0.476 e. The van der Waals surface area contributed by atoms with Crippen molar-refractivity contribution in [3.05, 3.63) is 23.4 Å². The Morgan fingerprint density at radius 2 is 1.95 bits per heavy atom. The Labute approximate surface area is 122 Å². The van der Waals surface area contributed by atoms with Gasteiger partial charge in [-0.2, -0.15) is 0 Å². The van der Waals surface area contributed by atoms with Crippen molar-refractivity contribution in [2.45, 2.75) is 45.6 Å². The summed E-state index contributed by atoms with van der Waals surface area (Å²) in [5.41, 5.74) is 7.90. The number of hydrogen-bond acceptors (Lipinski definition) is 4. The SMILES string of the molecule is CC(C)(C)c1cc(CN)cc(OCCN2CCCC2)n1. The lowest BCUT2D eigenvalue weighted by molar-refractivity contribution is 0.231. The zero-order valence-electron chi connectivity index (χ0n) is 13.0. The molecule has 0 aliphatic carbocycles. The number of aromatic nitrogens is 1. The van der Waals surface area contributed by atoms with Crippen LogP contribution >= 0.6 is 0 Å². The van der Waals surface area contributed by atoms with Gasteiger partial charge < -0.3 is 10.5 Å².